The number of hydrogen-bond donors (Lipinski definition) is 1. The molecule has 0 amide bonds. The zero-order valence-corrected chi connectivity index (χ0v) is 7.95. The maximum Gasteiger partial charge on any atom is 0.157 e. The highest BCUT2D eigenvalue weighted by Gasteiger charge is 2.08. The molecule has 0 aliphatic carbocycles. The first-order valence-electron chi connectivity index (χ1n) is 4.83. The second-order valence-electron chi connectivity index (χ2n) is 3.33. The number of benzene rings is 1. The number of rotatable bonds is 3. The second kappa shape index (κ2) is 4.13. The Hall–Kier alpha value is -1.51. The lowest BCUT2D eigenvalue weighted by molar-refractivity contribution is -0.109. The van der Waals surface area contributed by atoms with Crippen LogP contribution in [0.2, 0.25) is 0 Å². The molecule has 0 saturated heterocycles. The van der Waals surface area contributed by atoms with Crippen LogP contribution in [-0.4, -0.2) is 19.4 Å². The van der Waals surface area contributed by atoms with Gasteiger partial charge in [0.1, 0.15) is 12.4 Å². The van der Waals surface area contributed by atoms with E-state index >= 15 is 0 Å². The fraction of sp³-hybridized carbons (Fsp3) is 0.364. The minimum atomic E-state index is 0.131. The van der Waals surface area contributed by atoms with Gasteiger partial charge in [-0.15, -0.1) is 0 Å². The summed E-state index contributed by atoms with van der Waals surface area (Å²) in [6, 6.07) is 5.90. The lowest BCUT2D eigenvalue weighted by atomic mass is 10.0. The molecule has 0 spiro atoms. The Morgan fingerprint density at radius 1 is 1.50 bits per heavy atom. The fourth-order valence-electron chi connectivity index (χ4n) is 1.67. The third-order valence-electron chi connectivity index (χ3n) is 2.33. The molecule has 1 heterocycles. The molecule has 0 atom stereocenters. The number of nitrogens with one attached hydrogen (secondary N) is 1. The van der Waals surface area contributed by atoms with E-state index in [4.69, 9.17) is 4.74 Å². The van der Waals surface area contributed by atoms with E-state index in [2.05, 4.69) is 5.32 Å². The number of aryl methyl sites for hydroxylation is 1. The first-order chi connectivity index (χ1) is 6.90. The molecule has 0 radical (unpaired) electrons. The topological polar surface area (TPSA) is 38.3 Å². The van der Waals surface area contributed by atoms with Crippen LogP contribution in [-0.2, 0) is 11.2 Å². The van der Waals surface area contributed by atoms with Crippen LogP contribution in [0, 0.1) is 0 Å². The predicted octanol–water partition coefficient (Wildman–Crippen LogP) is 1.62. The van der Waals surface area contributed by atoms with E-state index in [9.17, 15) is 4.79 Å². The summed E-state index contributed by atoms with van der Waals surface area (Å²) in [6.07, 6.45) is 3.00. The van der Waals surface area contributed by atoms with Gasteiger partial charge in [-0.05, 0) is 36.6 Å². The zero-order valence-electron chi connectivity index (χ0n) is 7.95. The van der Waals surface area contributed by atoms with Gasteiger partial charge < -0.3 is 10.1 Å². The molecule has 1 N–H and O–H groups in total. The summed E-state index contributed by atoms with van der Waals surface area (Å²) >= 11 is 0. The molecule has 14 heavy (non-hydrogen) atoms. The van der Waals surface area contributed by atoms with Gasteiger partial charge in [0.15, 0.2) is 6.29 Å². The van der Waals surface area contributed by atoms with Crippen LogP contribution in [0.1, 0.15) is 12.0 Å². The van der Waals surface area contributed by atoms with Gasteiger partial charge in [0.25, 0.3) is 0 Å². The van der Waals surface area contributed by atoms with E-state index in [1.54, 1.807) is 0 Å². The number of anilines is 1. The van der Waals surface area contributed by atoms with E-state index in [0.717, 1.165) is 31.4 Å². The summed E-state index contributed by atoms with van der Waals surface area (Å²) in [5.41, 5.74) is 2.47. The molecule has 3 nitrogen and oxygen atoms in total. The highest BCUT2D eigenvalue weighted by Crippen LogP contribution is 2.26. The van der Waals surface area contributed by atoms with Crippen molar-refractivity contribution in [3.05, 3.63) is 23.8 Å². The Bertz CT molecular complexity index is 336. The van der Waals surface area contributed by atoms with Gasteiger partial charge in [0.2, 0.25) is 0 Å². The normalized spacial score (nSPS) is 14.0. The van der Waals surface area contributed by atoms with Gasteiger partial charge in [0, 0.05) is 12.2 Å². The van der Waals surface area contributed by atoms with Crippen LogP contribution in [0.5, 0.6) is 5.75 Å². The van der Waals surface area contributed by atoms with E-state index < -0.39 is 0 Å². The van der Waals surface area contributed by atoms with Crippen LogP contribution in [0.4, 0.5) is 5.69 Å². The van der Waals surface area contributed by atoms with E-state index in [1.165, 1.54) is 11.3 Å². The van der Waals surface area contributed by atoms with Gasteiger partial charge in [-0.1, -0.05) is 0 Å². The summed E-state index contributed by atoms with van der Waals surface area (Å²) < 4.78 is 5.23. The maximum atomic E-state index is 10.1. The molecule has 0 unspecified atom stereocenters. The van der Waals surface area contributed by atoms with Crippen molar-refractivity contribution < 1.29 is 9.53 Å². The lowest BCUT2D eigenvalue weighted by Crippen LogP contribution is -2.11. The molecule has 74 valence electrons. The maximum absolute atomic E-state index is 10.1. The highest BCUT2D eigenvalue weighted by molar-refractivity contribution is 5.56. The largest absolute Gasteiger partial charge is 0.486 e. The number of aldehydes is 1. The van der Waals surface area contributed by atoms with Gasteiger partial charge in [-0.3, -0.25) is 4.79 Å². The number of ether oxygens (including phenoxy) is 1. The number of carbonyl (C=O) groups is 1. The second-order valence-corrected chi connectivity index (χ2v) is 3.33. The summed E-state index contributed by atoms with van der Waals surface area (Å²) in [6.45, 7) is 1.17. The molecule has 0 saturated carbocycles. The van der Waals surface area contributed by atoms with Crippen LogP contribution in [0.3, 0.4) is 0 Å². The van der Waals surface area contributed by atoms with Gasteiger partial charge in [-0.25, -0.2) is 0 Å². The first kappa shape index (κ1) is 9.06. The van der Waals surface area contributed by atoms with E-state index in [-0.39, 0.29) is 6.61 Å². The number of hydrogen-bond acceptors (Lipinski definition) is 3. The molecule has 2 rings (SSSR count). The van der Waals surface area contributed by atoms with E-state index in [1.807, 2.05) is 18.2 Å². The SMILES string of the molecule is O=CCOc1ccc2c(c1)CCCN2. The smallest absolute Gasteiger partial charge is 0.157 e. The standard InChI is InChI=1S/C11H13NO2/c13-6-7-14-10-3-4-11-9(8-10)2-1-5-12-11/h3-4,6,8,12H,1-2,5,7H2. The Kier molecular flexibility index (Phi) is 2.68. The molecule has 1 aromatic carbocycles. The average Bonchev–Trinajstić information content (AvgIpc) is 2.26. The quantitative estimate of drug-likeness (QED) is 0.738. The Morgan fingerprint density at radius 2 is 2.43 bits per heavy atom. The van der Waals surface area contributed by atoms with Gasteiger partial charge >= 0.3 is 0 Å². The summed E-state index contributed by atoms with van der Waals surface area (Å²) in [5, 5.41) is 3.32. The molecule has 1 aliphatic heterocycles. The minimum absolute atomic E-state index is 0.131. The van der Waals surface area contributed by atoms with Crippen molar-refractivity contribution >= 4 is 12.0 Å². The highest BCUT2D eigenvalue weighted by atomic mass is 16.5. The fourth-order valence-corrected chi connectivity index (χ4v) is 1.67. The number of carbonyl (C=O) groups excluding carboxylic acids is 1. The van der Waals surface area contributed by atoms with Crippen molar-refractivity contribution in [3.63, 3.8) is 0 Å². The minimum Gasteiger partial charge on any atom is -0.486 e. The molecular formula is C11H13NO2. The van der Waals surface area contributed by atoms with Crippen molar-refractivity contribution in [2.75, 3.05) is 18.5 Å². The molecule has 0 aromatic heterocycles. The molecule has 3 heteroatoms. The van der Waals surface area contributed by atoms with E-state index in [0.29, 0.717) is 0 Å². The van der Waals surface area contributed by atoms with Gasteiger partial charge in [-0.2, -0.15) is 0 Å². The summed E-state index contributed by atoms with van der Waals surface area (Å²) in [4.78, 5) is 10.1. The molecule has 0 bridgehead atoms. The summed E-state index contributed by atoms with van der Waals surface area (Å²) in [7, 11) is 0. The van der Waals surface area contributed by atoms with Crippen molar-refractivity contribution in [2.45, 2.75) is 12.8 Å². The third kappa shape index (κ3) is 1.87. The van der Waals surface area contributed by atoms with Crippen LogP contribution in [0.25, 0.3) is 0 Å². The molecule has 1 aromatic rings. The van der Waals surface area contributed by atoms with Crippen LogP contribution >= 0.6 is 0 Å². The average molecular weight is 191 g/mol. The van der Waals surface area contributed by atoms with Crippen molar-refractivity contribution in [1.29, 1.82) is 0 Å². The van der Waals surface area contributed by atoms with Crippen molar-refractivity contribution in [2.24, 2.45) is 0 Å². The third-order valence-corrected chi connectivity index (χ3v) is 2.33. The molecule has 0 fully saturated rings. The Balaban J connectivity index is 2.16. The lowest BCUT2D eigenvalue weighted by Gasteiger charge is -2.18. The Labute approximate surface area is 83.1 Å². The van der Waals surface area contributed by atoms with Crippen LogP contribution < -0.4 is 10.1 Å². The summed E-state index contributed by atoms with van der Waals surface area (Å²) in [5.74, 6) is 0.777. The Morgan fingerprint density at radius 3 is 3.29 bits per heavy atom. The van der Waals surface area contributed by atoms with Crippen LogP contribution in [0.15, 0.2) is 18.2 Å². The van der Waals surface area contributed by atoms with Crippen molar-refractivity contribution in [1.82, 2.24) is 0 Å². The number of fused-ring (bicyclic) bond motifs is 1. The first-order valence-corrected chi connectivity index (χ1v) is 4.83. The monoisotopic (exact) mass is 191 g/mol. The predicted molar refractivity (Wildman–Crippen MR) is 54.8 cm³/mol. The molecule has 1 aliphatic rings. The molecular weight excluding hydrogens is 178 g/mol. The zero-order chi connectivity index (χ0) is 9.80. The van der Waals surface area contributed by atoms with Crippen molar-refractivity contribution in [3.8, 4) is 5.75 Å². The van der Waals surface area contributed by atoms with Gasteiger partial charge in [0.05, 0.1) is 0 Å².